The third kappa shape index (κ3) is 7.17. The lowest BCUT2D eigenvalue weighted by atomic mass is 10.2. The van der Waals surface area contributed by atoms with E-state index in [1.165, 1.54) is 26.2 Å². The third-order valence-corrected chi connectivity index (χ3v) is 3.62. The first kappa shape index (κ1) is 20.0. The van der Waals surface area contributed by atoms with Gasteiger partial charge >= 0.3 is 5.97 Å². The van der Waals surface area contributed by atoms with E-state index in [-0.39, 0.29) is 23.0 Å². The van der Waals surface area contributed by atoms with Crippen LogP contribution in [0.15, 0.2) is 12.2 Å². The number of hydrogen-bond donors (Lipinski definition) is 0. The first-order chi connectivity index (χ1) is 8.01. The van der Waals surface area contributed by atoms with Gasteiger partial charge in [0.25, 0.3) is 0 Å². The van der Waals surface area contributed by atoms with Crippen LogP contribution in [0.1, 0.15) is 40.5 Å². The number of esters is 1. The molecule has 0 amide bonds. The van der Waals surface area contributed by atoms with Crippen LogP contribution in [-0.4, -0.2) is 43.2 Å². The van der Waals surface area contributed by atoms with Crippen molar-refractivity contribution in [3.8, 4) is 0 Å². The summed E-state index contributed by atoms with van der Waals surface area (Å²) in [5, 5.41) is 0. The average molecular weight is 322 g/mol. The van der Waals surface area contributed by atoms with E-state index >= 15 is 0 Å². The summed E-state index contributed by atoms with van der Waals surface area (Å²) in [6.45, 7) is 17.2. The van der Waals surface area contributed by atoms with Crippen molar-refractivity contribution in [1.82, 2.24) is 0 Å². The molecule has 4 heteroatoms. The van der Waals surface area contributed by atoms with Crippen molar-refractivity contribution in [2.24, 2.45) is 0 Å². The van der Waals surface area contributed by atoms with Gasteiger partial charge in [-0.3, -0.25) is 0 Å². The number of quaternary nitrogens is 1. The molecule has 0 aromatic carbocycles. The Bertz CT molecular complexity index is 242. The molecule has 0 aromatic heterocycles. The van der Waals surface area contributed by atoms with Crippen molar-refractivity contribution in [2.75, 3.05) is 32.8 Å². The molecule has 18 heavy (non-hydrogen) atoms. The summed E-state index contributed by atoms with van der Waals surface area (Å²) in [4.78, 5) is 11.1. The molecular formula is C14H28BrNO2. The highest BCUT2D eigenvalue weighted by Crippen LogP contribution is 2.08. The second-order valence-electron chi connectivity index (χ2n) is 4.64. The van der Waals surface area contributed by atoms with Gasteiger partial charge in [0, 0.05) is 5.57 Å². The lowest BCUT2D eigenvalue weighted by Crippen LogP contribution is -3.00. The summed E-state index contributed by atoms with van der Waals surface area (Å²) in [7, 11) is 0. The summed E-state index contributed by atoms with van der Waals surface area (Å²) in [5.74, 6) is -0.271. The van der Waals surface area contributed by atoms with E-state index in [1.54, 1.807) is 6.92 Å². The quantitative estimate of drug-likeness (QED) is 0.254. The van der Waals surface area contributed by atoms with E-state index in [0.29, 0.717) is 12.2 Å². The SMILES string of the molecule is C=C(C)C(=O)OCCCC[N+](CC)(CC)CC.[Br-]. The summed E-state index contributed by atoms with van der Waals surface area (Å²) < 4.78 is 6.23. The monoisotopic (exact) mass is 321 g/mol. The van der Waals surface area contributed by atoms with Crippen LogP contribution in [0.5, 0.6) is 0 Å². The lowest BCUT2D eigenvalue weighted by molar-refractivity contribution is -0.923. The van der Waals surface area contributed by atoms with Gasteiger partial charge in [-0.05, 0) is 40.5 Å². The Balaban J connectivity index is 0. The highest BCUT2D eigenvalue weighted by atomic mass is 79.9. The van der Waals surface area contributed by atoms with Crippen LogP contribution in [0.25, 0.3) is 0 Å². The van der Waals surface area contributed by atoms with E-state index in [0.717, 1.165) is 17.3 Å². The number of unbranched alkanes of at least 4 members (excludes halogenated alkanes) is 1. The zero-order valence-corrected chi connectivity index (χ0v) is 13.9. The zero-order chi connectivity index (χ0) is 13.3. The van der Waals surface area contributed by atoms with E-state index in [9.17, 15) is 4.79 Å². The normalized spacial score (nSPS) is 10.7. The molecule has 0 atom stereocenters. The van der Waals surface area contributed by atoms with Gasteiger partial charge in [0.05, 0.1) is 32.8 Å². The fraction of sp³-hybridized carbons (Fsp3) is 0.786. The molecule has 0 aromatic rings. The first-order valence-corrected chi connectivity index (χ1v) is 6.69. The molecule has 0 aliphatic heterocycles. The number of ether oxygens (including phenoxy) is 1. The zero-order valence-electron chi connectivity index (χ0n) is 12.3. The molecule has 0 fully saturated rings. The largest absolute Gasteiger partial charge is 1.00 e. The maximum Gasteiger partial charge on any atom is 0.333 e. The fourth-order valence-electron chi connectivity index (χ4n) is 1.98. The molecule has 0 saturated heterocycles. The Labute approximate surface area is 123 Å². The fourth-order valence-corrected chi connectivity index (χ4v) is 1.98. The van der Waals surface area contributed by atoms with Gasteiger partial charge in [0.1, 0.15) is 0 Å². The highest BCUT2D eigenvalue weighted by Gasteiger charge is 2.19. The molecule has 0 aliphatic carbocycles. The molecule has 0 heterocycles. The predicted octanol–water partition coefficient (Wildman–Crippen LogP) is -0.234. The van der Waals surface area contributed by atoms with Gasteiger partial charge in [-0.25, -0.2) is 4.79 Å². The number of halogens is 1. The van der Waals surface area contributed by atoms with Crippen LogP contribution in [0, 0.1) is 0 Å². The summed E-state index contributed by atoms with van der Waals surface area (Å²) in [6, 6.07) is 0. The molecule has 3 nitrogen and oxygen atoms in total. The standard InChI is InChI=1S/C14H28NO2.BrH/c1-6-15(7-2,8-3)11-9-10-12-17-14(16)13(4)5;/h4,6-12H2,1-3,5H3;1H/q+1;/p-1. The van der Waals surface area contributed by atoms with Gasteiger partial charge < -0.3 is 26.2 Å². The second-order valence-corrected chi connectivity index (χ2v) is 4.64. The maximum absolute atomic E-state index is 11.1. The Kier molecular flexibility index (Phi) is 11.7. The number of carbonyl (C=O) groups excluding carboxylic acids is 1. The Morgan fingerprint density at radius 2 is 1.61 bits per heavy atom. The van der Waals surface area contributed by atoms with Gasteiger partial charge in [-0.1, -0.05) is 6.58 Å². The van der Waals surface area contributed by atoms with Crippen molar-refractivity contribution in [3.05, 3.63) is 12.2 Å². The Hall–Kier alpha value is -0.350. The van der Waals surface area contributed by atoms with Crippen LogP contribution in [0.4, 0.5) is 0 Å². The van der Waals surface area contributed by atoms with Crippen molar-refractivity contribution >= 4 is 5.97 Å². The van der Waals surface area contributed by atoms with E-state index in [2.05, 4.69) is 27.4 Å². The Morgan fingerprint density at radius 3 is 2.00 bits per heavy atom. The average Bonchev–Trinajstić information content (AvgIpc) is 2.34. The predicted molar refractivity (Wildman–Crippen MR) is 71.8 cm³/mol. The van der Waals surface area contributed by atoms with Gasteiger partial charge in [-0.2, -0.15) is 0 Å². The van der Waals surface area contributed by atoms with Crippen molar-refractivity contribution < 1.29 is 31.0 Å². The number of rotatable bonds is 9. The summed E-state index contributed by atoms with van der Waals surface area (Å²) in [6.07, 6.45) is 2.05. The Morgan fingerprint density at radius 1 is 1.11 bits per heavy atom. The minimum atomic E-state index is -0.271. The molecular weight excluding hydrogens is 294 g/mol. The lowest BCUT2D eigenvalue weighted by Gasteiger charge is -2.35. The van der Waals surface area contributed by atoms with E-state index in [4.69, 9.17) is 4.74 Å². The van der Waals surface area contributed by atoms with Gasteiger partial charge in [0.2, 0.25) is 0 Å². The van der Waals surface area contributed by atoms with Crippen LogP contribution >= 0.6 is 0 Å². The minimum absolute atomic E-state index is 0. The molecule has 0 bridgehead atoms. The van der Waals surface area contributed by atoms with Crippen molar-refractivity contribution in [2.45, 2.75) is 40.5 Å². The van der Waals surface area contributed by atoms with E-state index < -0.39 is 0 Å². The molecule has 0 aliphatic rings. The molecule has 108 valence electrons. The van der Waals surface area contributed by atoms with E-state index in [1.807, 2.05) is 0 Å². The van der Waals surface area contributed by atoms with Crippen LogP contribution in [0.3, 0.4) is 0 Å². The van der Waals surface area contributed by atoms with Crippen LogP contribution < -0.4 is 17.0 Å². The molecule has 0 N–H and O–H groups in total. The summed E-state index contributed by atoms with van der Waals surface area (Å²) in [5.41, 5.74) is 0.478. The van der Waals surface area contributed by atoms with Crippen LogP contribution in [0.2, 0.25) is 0 Å². The number of hydrogen-bond acceptors (Lipinski definition) is 2. The summed E-state index contributed by atoms with van der Waals surface area (Å²) >= 11 is 0. The van der Waals surface area contributed by atoms with Crippen molar-refractivity contribution in [1.29, 1.82) is 0 Å². The first-order valence-electron chi connectivity index (χ1n) is 6.69. The number of nitrogens with zero attached hydrogens (tertiary/aromatic N) is 1. The number of carbonyl (C=O) groups is 1. The molecule has 0 spiro atoms. The molecule has 0 saturated carbocycles. The highest BCUT2D eigenvalue weighted by molar-refractivity contribution is 5.86. The van der Waals surface area contributed by atoms with Crippen molar-refractivity contribution in [3.63, 3.8) is 0 Å². The van der Waals surface area contributed by atoms with Crippen LogP contribution in [-0.2, 0) is 9.53 Å². The second kappa shape index (κ2) is 10.6. The third-order valence-electron chi connectivity index (χ3n) is 3.62. The molecule has 0 unspecified atom stereocenters. The van der Waals surface area contributed by atoms with Gasteiger partial charge in [-0.15, -0.1) is 0 Å². The topological polar surface area (TPSA) is 26.3 Å². The maximum atomic E-state index is 11.1. The smallest absolute Gasteiger partial charge is 0.333 e. The van der Waals surface area contributed by atoms with Gasteiger partial charge in [0.15, 0.2) is 0 Å². The minimum Gasteiger partial charge on any atom is -1.00 e. The molecule has 0 radical (unpaired) electrons. The molecule has 0 rings (SSSR count).